The second kappa shape index (κ2) is 5.82. The van der Waals surface area contributed by atoms with Gasteiger partial charge in [0.15, 0.2) is 11.2 Å². The topological polar surface area (TPSA) is 64.7 Å². The second-order valence-corrected chi connectivity index (χ2v) is 4.46. The van der Waals surface area contributed by atoms with E-state index in [-0.39, 0.29) is 12.2 Å². The first-order valence-corrected chi connectivity index (χ1v) is 6.18. The first-order chi connectivity index (χ1) is 9.72. The number of hydrogen-bond acceptors (Lipinski definition) is 3. The number of rotatable bonds is 4. The fraction of sp³-hybridized carbons (Fsp3) is 0.118. The fourth-order valence-corrected chi connectivity index (χ4v) is 2.02. The van der Waals surface area contributed by atoms with Gasteiger partial charge in [0.25, 0.3) is 0 Å². The van der Waals surface area contributed by atoms with E-state index in [2.05, 4.69) is 0 Å². The van der Waals surface area contributed by atoms with Gasteiger partial charge in [-0.15, -0.1) is 0 Å². The summed E-state index contributed by atoms with van der Waals surface area (Å²) >= 11 is 0. The van der Waals surface area contributed by atoms with Gasteiger partial charge in [-0.05, 0) is 5.56 Å². The Balaban J connectivity index is 2.35. The van der Waals surface area contributed by atoms with E-state index in [1.54, 1.807) is 48.5 Å². The summed E-state index contributed by atoms with van der Waals surface area (Å²) in [7, 11) is 0. The van der Waals surface area contributed by atoms with Gasteiger partial charge in [0.05, 0.1) is 12.1 Å². The number of benzene rings is 2. The Labute approximate surface area is 117 Å². The molecule has 20 heavy (non-hydrogen) atoms. The smallest absolute Gasteiger partial charge is 0.175 e. The minimum Gasteiger partial charge on any atom is -0.294 e. The van der Waals surface area contributed by atoms with Gasteiger partial charge in [-0.2, -0.15) is 10.5 Å². The summed E-state index contributed by atoms with van der Waals surface area (Å²) in [5, 5.41) is 18.8. The van der Waals surface area contributed by atoms with Crippen molar-refractivity contribution < 1.29 is 4.79 Å². The molecule has 0 saturated heterocycles. The monoisotopic (exact) mass is 260 g/mol. The van der Waals surface area contributed by atoms with Crippen LogP contribution in [-0.4, -0.2) is 5.78 Å². The molecule has 3 nitrogen and oxygen atoms in total. The molecular weight excluding hydrogens is 248 g/mol. The number of ketones is 1. The summed E-state index contributed by atoms with van der Waals surface area (Å²) in [6.45, 7) is 0. The zero-order valence-electron chi connectivity index (χ0n) is 10.8. The van der Waals surface area contributed by atoms with Gasteiger partial charge >= 0.3 is 0 Å². The van der Waals surface area contributed by atoms with Crippen molar-refractivity contribution in [1.29, 1.82) is 10.5 Å². The number of hydrogen-bond donors (Lipinski definition) is 0. The molecule has 0 heterocycles. The van der Waals surface area contributed by atoms with Gasteiger partial charge in [0.2, 0.25) is 0 Å². The van der Waals surface area contributed by atoms with E-state index in [1.165, 1.54) is 0 Å². The molecule has 0 aromatic heterocycles. The zero-order valence-corrected chi connectivity index (χ0v) is 10.8. The number of Topliss-reactive ketones (excluding diaryl/α,β-unsaturated/α-hetero) is 1. The molecule has 0 fully saturated rings. The minimum absolute atomic E-state index is 0.145. The summed E-state index contributed by atoms with van der Waals surface area (Å²) in [6, 6.07) is 21.4. The van der Waals surface area contributed by atoms with Gasteiger partial charge in [0, 0.05) is 12.0 Å². The van der Waals surface area contributed by atoms with Crippen molar-refractivity contribution in [2.75, 3.05) is 0 Å². The highest BCUT2D eigenvalue weighted by Gasteiger charge is 2.35. The van der Waals surface area contributed by atoms with Crippen LogP contribution >= 0.6 is 0 Å². The largest absolute Gasteiger partial charge is 0.294 e. The summed E-state index contributed by atoms with van der Waals surface area (Å²) in [5.74, 6) is -0.211. The number of carbonyl (C=O) groups is 1. The van der Waals surface area contributed by atoms with Gasteiger partial charge in [-0.3, -0.25) is 4.79 Å². The molecule has 0 saturated carbocycles. The van der Waals surface area contributed by atoms with E-state index in [4.69, 9.17) is 0 Å². The SMILES string of the molecule is N#CC(C#N)(CC(=O)c1ccccc1)c1ccccc1. The first kappa shape index (κ1) is 13.5. The van der Waals surface area contributed by atoms with E-state index >= 15 is 0 Å². The van der Waals surface area contributed by atoms with Crippen molar-refractivity contribution in [3.05, 3.63) is 71.8 Å². The maximum Gasteiger partial charge on any atom is 0.175 e. The highest BCUT2D eigenvalue weighted by molar-refractivity contribution is 5.97. The molecule has 0 aliphatic carbocycles. The Morgan fingerprint density at radius 3 is 1.90 bits per heavy atom. The summed E-state index contributed by atoms with van der Waals surface area (Å²) in [5.41, 5.74) is -0.374. The molecule has 2 rings (SSSR count). The lowest BCUT2D eigenvalue weighted by atomic mass is 9.78. The Morgan fingerprint density at radius 1 is 0.900 bits per heavy atom. The standard InChI is InChI=1S/C17H12N2O/c18-12-17(13-19,15-9-5-2-6-10-15)11-16(20)14-7-3-1-4-8-14/h1-10H,11H2. The van der Waals surface area contributed by atoms with E-state index in [0.717, 1.165) is 0 Å². The van der Waals surface area contributed by atoms with Gasteiger partial charge in [-0.25, -0.2) is 0 Å². The predicted octanol–water partition coefficient (Wildman–Crippen LogP) is 3.24. The quantitative estimate of drug-likeness (QED) is 0.792. The third kappa shape index (κ3) is 2.58. The van der Waals surface area contributed by atoms with E-state index in [0.29, 0.717) is 11.1 Å². The van der Waals surface area contributed by atoms with Crippen LogP contribution in [0.3, 0.4) is 0 Å². The van der Waals surface area contributed by atoms with Crippen molar-refractivity contribution in [2.45, 2.75) is 11.8 Å². The lowest BCUT2D eigenvalue weighted by Crippen LogP contribution is -2.26. The Bertz CT molecular complexity index is 664. The van der Waals surface area contributed by atoms with Crippen molar-refractivity contribution in [2.24, 2.45) is 0 Å². The molecule has 0 atom stereocenters. The summed E-state index contributed by atoms with van der Waals surface area (Å²) < 4.78 is 0. The Morgan fingerprint density at radius 2 is 1.40 bits per heavy atom. The molecule has 0 aliphatic heterocycles. The zero-order chi connectivity index (χ0) is 14.4. The highest BCUT2D eigenvalue weighted by Crippen LogP contribution is 2.28. The fourth-order valence-electron chi connectivity index (χ4n) is 2.02. The van der Waals surface area contributed by atoms with Gasteiger partial charge < -0.3 is 0 Å². The van der Waals surface area contributed by atoms with E-state index in [9.17, 15) is 15.3 Å². The highest BCUT2D eigenvalue weighted by atomic mass is 16.1. The van der Waals surface area contributed by atoms with Crippen LogP contribution in [-0.2, 0) is 5.41 Å². The van der Waals surface area contributed by atoms with Crippen LogP contribution in [0.1, 0.15) is 22.3 Å². The molecular formula is C17H12N2O. The lowest BCUT2D eigenvalue weighted by molar-refractivity contribution is 0.0970. The summed E-state index contributed by atoms with van der Waals surface area (Å²) in [6.07, 6.45) is -0.145. The maximum atomic E-state index is 12.2. The molecule has 2 aromatic rings. The molecule has 0 N–H and O–H groups in total. The Kier molecular flexibility index (Phi) is 3.93. The number of carbonyl (C=O) groups excluding carboxylic acids is 1. The molecule has 3 heteroatoms. The Hall–Kier alpha value is -2.91. The first-order valence-electron chi connectivity index (χ1n) is 6.18. The van der Waals surface area contributed by atoms with Crippen molar-refractivity contribution in [3.8, 4) is 12.1 Å². The van der Waals surface area contributed by atoms with Crippen LogP contribution in [0.5, 0.6) is 0 Å². The number of nitriles is 2. The predicted molar refractivity (Wildman–Crippen MR) is 74.7 cm³/mol. The normalized spacial score (nSPS) is 10.3. The van der Waals surface area contributed by atoms with Crippen LogP contribution in [0.4, 0.5) is 0 Å². The molecule has 96 valence electrons. The minimum atomic E-state index is -1.44. The van der Waals surface area contributed by atoms with Crippen molar-refractivity contribution >= 4 is 5.78 Å². The molecule has 0 amide bonds. The van der Waals surface area contributed by atoms with E-state index < -0.39 is 5.41 Å². The maximum absolute atomic E-state index is 12.2. The molecule has 0 bridgehead atoms. The lowest BCUT2D eigenvalue weighted by Gasteiger charge is -2.18. The summed E-state index contributed by atoms with van der Waals surface area (Å²) in [4.78, 5) is 12.2. The average molecular weight is 260 g/mol. The van der Waals surface area contributed by atoms with Crippen molar-refractivity contribution in [1.82, 2.24) is 0 Å². The third-order valence-corrected chi connectivity index (χ3v) is 3.17. The average Bonchev–Trinajstić information content (AvgIpc) is 2.54. The van der Waals surface area contributed by atoms with Crippen LogP contribution in [0.25, 0.3) is 0 Å². The molecule has 0 aliphatic rings. The van der Waals surface area contributed by atoms with Gasteiger partial charge in [0.1, 0.15) is 0 Å². The molecule has 0 spiro atoms. The number of nitrogens with zero attached hydrogens (tertiary/aromatic N) is 2. The van der Waals surface area contributed by atoms with E-state index in [1.807, 2.05) is 24.3 Å². The van der Waals surface area contributed by atoms with Crippen molar-refractivity contribution in [3.63, 3.8) is 0 Å². The molecule has 2 aromatic carbocycles. The van der Waals surface area contributed by atoms with Crippen LogP contribution in [0.2, 0.25) is 0 Å². The van der Waals surface area contributed by atoms with Crippen LogP contribution < -0.4 is 0 Å². The molecule has 0 radical (unpaired) electrons. The van der Waals surface area contributed by atoms with Crippen LogP contribution in [0, 0.1) is 22.7 Å². The second-order valence-electron chi connectivity index (χ2n) is 4.46. The molecule has 0 unspecified atom stereocenters. The third-order valence-electron chi connectivity index (χ3n) is 3.17. The van der Waals surface area contributed by atoms with Gasteiger partial charge in [-0.1, -0.05) is 60.7 Å². The van der Waals surface area contributed by atoms with Crippen LogP contribution in [0.15, 0.2) is 60.7 Å².